The van der Waals surface area contributed by atoms with Crippen LogP contribution in [0.3, 0.4) is 0 Å². The van der Waals surface area contributed by atoms with E-state index in [1.807, 2.05) is 0 Å². The van der Waals surface area contributed by atoms with E-state index in [0.29, 0.717) is 5.56 Å². The summed E-state index contributed by atoms with van der Waals surface area (Å²) in [7, 11) is 0. The topological polar surface area (TPSA) is 221 Å². The van der Waals surface area contributed by atoms with Gasteiger partial charge in [0.15, 0.2) is 23.6 Å². The van der Waals surface area contributed by atoms with E-state index in [-0.39, 0.29) is 35.3 Å². The Labute approximate surface area is 351 Å². The summed E-state index contributed by atoms with van der Waals surface area (Å²) in [5.41, 5.74) is -9.07. The lowest BCUT2D eigenvalue weighted by Crippen LogP contribution is -3.00. The normalized spacial score (nSPS) is 35.3. The second kappa shape index (κ2) is 14.7. The van der Waals surface area contributed by atoms with Gasteiger partial charge in [-0.1, -0.05) is 73.7 Å². The number of Topliss-reactive ketones (excluding diaryl/α,β-unsaturated/α-hetero) is 1. The number of carbonyl (C=O) groups excluding carboxylic acids is 6. The molecule has 0 aromatic heterocycles. The Morgan fingerprint density at radius 3 is 1.98 bits per heavy atom. The summed E-state index contributed by atoms with van der Waals surface area (Å²) >= 11 is 0. The van der Waals surface area contributed by atoms with Gasteiger partial charge in [-0.25, -0.2) is 9.59 Å². The predicted molar refractivity (Wildman–Crippen MR) is 211 cm³/mol. The van der Waals surface area contributed by atoms with Crippen molar-refractivity contribution >= 4 is 35.6 Å². The standard InChI is InChI=1S/C46H47NO14/c1-24-30(59-40(55)35(51)34(27-15-9-6-10-16-27)47-38(53)28-17-11-7-12-18-28)22-44(56)41(60-39(54)29-19-13-8-14-20-29)46-42(4,31(50)21-32-45(46,23-57-32)61-26(3)49)37(52)36(58-25(2)48)33(24)43(44,46)5/h6-20,30-32,34-36,41,50-51,56H,21-23H2,1-5H3,(H,47,53)/t30?,31-,32+,34?,35+,36+,41+,42-,43-,44+,45-,46?/m0/s1. The van der Waals surface area contributed by atoms with Crippen LogP contribution in [0.1, 0.15) is 79.8 Å². The van der Waals surface area contributed by atoms with E-state index < -0.39 is 112 Å². The van der Waals surface area contributed by atoms with Gasteiger partial charge >= 0.3 is 23.9 Å². The van der Waals surface area contributed by atoms with Crippen LogP contribution in [0.5, 0.6) is 0 Å². The minimum absolute atomic E-state index is 0.0125. The quantitative estimate of drug-likeness (QED) is 0.131. The Hall–Kier alpha value is -5.74. The minimum Gasteiger partial charge on any atom is -0.456 e. The fourth-order valence-electron chi connectivity index (χ4n) is 11.6. The molecule has 1 spiro atoms. The zero-order valence-electron chi connectivity index (χ0n) is 34.2. The summed E-state index contributed by atoms with van der Waals surface area (Å²) < 4.78 is 30.4. The van der Waals surface area contributed by atoms with Crippen molar-refractivity contribution in [3.8, 4) is 0 Å². The maximum Gasteiger partial charge on any atom is 0.338 e. The first kappa shape index (κ1) is 42.0. The molecule has 1 amide bonds. The maximum absolute atomic E-state index is 15.4. The molecule has 1 saturated heterocycles. The Balaban J connectivity index is 1.28. The van der Waals surface area contributed by atoms with Crippen molar-refractivity contribution in [3.05, 3.63) is 119 Å². The van der Waals surface area contributed by atoms with E-state index in [9.17, 15) is 39.3 Å². The summed E-state index contributed by atoms with van der Waals surface area (Å²) in [5, 5.41) is 40.0. The van der Waals surface area contributed by atoms with E-state index in [1.165, 1.54) is 32.9 Å². The van der Waals surface area contributed by atoms with Gasteiger partial charge in [-0.2, -0.15) is 0 Å². The first-order chi connectivity index (χ1) is 28.9. The molecule has 5 aliphatic rings. The Morgan fingerprint density at radius 1 is 0.836 bits per heavy atom. The average molecular weight is 838 g/mol. The smallest absolute Gasteiger partial charge is 0.338 e. The second-order valence-corrected chi connectivity index (χ2v) is 17.0. The molecule has 0 bridgehead atoms. The van der Waals surface area contributed by atoms with Crippen molar-refractivity contribution in [2.45, 2.75) is 101 Å². The molecule has 0 radical (unpaired) electrons. The van der Waals surface area contributed by atoms with Gasteiger partial charge in [-0.05, 0) is 54.8 Å². The number of benzene rings is 3. The number of fused-ring (bicyclic) bond motifs is 1. The van der Waals surface area contributed by atoms with Gasteiger partial charge in [0.2, 0.25) is 0 Å². The Bertz CT molecular complexity index is 2340. The maximum atomic E-state index is 15.4. The van der Waals surface area contributed by atoms with E-state index in [0.717, 1.165) is 6.92 Å². The van der Waals surface area contributed by atoms with Crippen LogP contribution in [0.25, 0.3) is 0 Å². The van der Waals surface area contributed by atoms with Crippen LogP contribution in [-0.4, -0.2) is 105 Å². The molecule has 1 aliphatic heterocycles. The lowest BCUT2D eigenvalue weighted by Gasteiger charge is -2.86. The molecule has 3 aromatic rings. The van der Waals surface area contributed by atoms with Gasteiger partial charge < -0.3 is 44.3 Å². The molecule has 3 unspecified atom stereocenters. The van der Waals surface area contributed by atoms with Crippen LogP contribution in [-0.2, 0) is 42.9 Å². The molecule has 15 nitrogen and oxygen atoms in total. The van der Waals surface area contributed by atoms with Crippen LogP contribution < -0.4 is 5.32 Å². The van der Waals surface area contributed by atoms with Crippen molar-refractivity contribution in [1.29, 1.82) is 0 Å². The number of amides is 1. The van der Waals surface area contributed by atoms with Gasteiger partial charge in [0.1, 0.15) is 23.9 Å². The lowest BCUT2D eigenvalue weighted by atomic mass is 9.20. The average Bonchev–Trinajstić information content (AvgIpc) is 3.24. The monoisotopic (exact) mass is 837 g/mol. The van der Waals surface area contributed by atoms with Gasteiger partial charge in [-0.3, -0.25) is 19.2 Å². The highest BCUT2D eigenvalue weighted by Crippen LogP contribution is 2.86. The number of nitrogens with one attached hydrogen (secondary N) is 1. The molecule has 3 aromatic carbocycles. The van der Waals surface area contributed by atoms with Gasteiger partial charge in [0, 0.05) is 37.7 Å². The van der Waals surface area contributed by atoms with E-state index in [1.54, 1.807) is 85.8 Å². The van der Waals surface area contributed by atoms with Crippen molar-refractivity contribution in [2.24, 2.45) is 16.2 Å². The van der Waals surface area contributed by atoms with Crippen molar-refractivity contribution in [3.63, 3.8) is 0 Å². The summed E-state index contributed by atoms with van der Waals surface area (Å²) in [6.45, 7) is 6.49. The van der Waals surface area contributed by atoms with Crippen molar-refractivity contribution in [2.75, 3.05) is 6.61 Å². The first-order valence-electron chi connectivity index (χ1n) is 20.1. The third-order valence-corrected chi connectivity index (χ3v) is 14.2. The molecule has 4 N–H and O–H groups in total. The van der Waals surface area contributed by atoms with E-state index >= 15 is 4.79 Å². The predicted octanol–water partition coefficient (Wildman–Crippen LogP) is 3.10. The minimum atomic E-state index is -2.30. The molecule has 4 aliphatic carbocycles. The number of aliphatic hydroxyl groups is 3. The van der Waals surface area contributed by atoms with Crippen LogP contribution in [0.15, 0.2) is 102 Å². The molecule has 15 heteroatoms. The van der Waals surface area contributed by atoms with E-state index in [2.05, 4.69) is 5.32 Å². The number of rotatable bonds is 10. The van der Waals surface area contributed by atoms with Crippen molar-refractivity contribution in [1.82, 2.24) is 5.32 Å². The highest BCUT2D eigenvalue weighted by Gasteiger charge is 2.99. The number of hydrogen-bond donors (Lipinski definition) is 4. The highest BCUT2D eigenvalue weighted by atomic mass is 16.6. The second-order valence-electron chi connectivity index (χ2n) is 17.0. The van der Waals surface area contributed by atoms with Gasteiger partial charge in [-0.15, -0.1) is 0 Å². The molecular formula is C46H47NO14. The molecule has 8 rings (SSSR count). The summed E-state index contributed by atoms with van der Waals surface area (Å²) in [4.78, 5) is 83.2. The Morgan fingerprint density at radius 2 is 1.43 bits per heavy atom. The number of hydrogen-bond acceptors (Lipinski definition) is 14. The fraction of sp³-hybridized carbons (Fsp3) is 0.435. The zero-order chi connectivity index (χ0) is 43.9. The number of esters is 4. The lowest BCUT2D eigenvalue weighted by molar-refractivity contribution is -0.472. The van der Waals surface area contributed by atoms with Crippen LogP contribution in [0.2, 0.25) is 0 Å². The molecule has 61 heavy (non-hydrogen) atoms. The van der Waals surface area contributed by atoms with Crippen LogP contribution in [0, 0.1) is 16.2 Å². The number of carbonyl (C=O) groups is 6. The van der Waals surface area contributed by atoms with Crippen LogP contribution in [0.4, 0.5) is 0 Å². The molecule has 4 fully saturated rings. The third kappa shape index (κ3) is 5.63. The molecule has 3 saturated carbocycles. The molecule has 1 heterocycles. The zero-order valence-corrected chi connectivity index (χ0v) is 34.2. The summed E-state index contributed by atoms with van der Waals surface area (Å²) in [6.07, 6.45) is -10.3. The van der Waals surface area contributed by atoms with Crippen LogP contribution >= 0.6 is 0 Å². The first-order valence-corrected chi connectivity index (χ1v) is 20.1. The van der Waals surface area contributed by atoms with E-state index in [4.69, 9.17) is 23.7 Å². The largest absolute Gasteiger partial charge is 0.456 e. The highest BCUT2D eigenvalue weighted by molar-refractivity contribution is 5.99. The van der Waals surface area contributed by atoms with Gasteiger partial charge in [0.25, 0.3) is 5.91 Å². The molecular weight excluding hydrogens is 790 g/mol. The summed E-state index contributed by atoms with van der Waals surface area (Å²) in [5.74, 6) is -5.21. The number of ketones is 1. The van der Waals surface area contributed by atoms with Gasteiger partial charge in [0.05, 0.1) is 35.1 Å². The fourth-order valence-corrected chi connectivity index (χ4v) is 11.6. The van der Waals surface area contributed by atoms with Crippen molar-refractivity contribution < 1.29 is 67.8 Å². The number of ether oxygens (including phenoxy) is 5. The third-order valence-electron chi connectivity index (χ3n) is 14.2. The number of aliphatic hydroxyl groups excluding tert-OH is 2. The summed E-state index contributed by atoms with van der Waals surface area (Å²) in [6, 6.07) is 23.0. The molecule has 12 atom stereocenters. The molecule has 320 valence electrons. The Kier molecular flexibility index (Phi) is 10.1. The SMILES string of the molecule is CC(=O)O[C@H]1C(=O)[C@]2(C)[C@@H](O)C[C@H]3OC[C@@]3(OC(C)=O)C23[C@H](OC(=O)c2ccccc2)[C@]2(O)CC(OC(=O)[C@H](O)C(NC(=O)c4ccccc4)c4ccccc4)C(C)=C1[C@]32C.